The van der Waals surface area contributed by atoms with Crippen molar-refractivity contribution in [3.8, 4) is 11.4 Å². The second kappa shape index (κ2) is 9.36. The Labute approximate surface area is 188 Å². The van der Waals surface area contributed by atoms with Gasteiger partial charge in [0, 0.05) is 25.3 Å². The second-order valence-electron chi connectivity index (χ2n) is 8.70. The van der Waals surface area contributed by atoms with E-state index in [-0.39, 0.29) is 24.3 Å². The monoisotopic (exact) mass is 434 g/mol. The summed E-state index contributed by atoms with van der Waals surface area (Å²) in [5, 5.41) is 16.2. The van der Waals surface area contributed by atoms with Crippen LogP contribution in [0.2, 0.25) is 0 Å². The topological polar surface area (TPSA) is 77.3 Å². The van der Waals surface area contributed by atoms with Crippen LogP contribution in [-0.2, 0) is 15.9 Å². The largest absolute Gasteiger partial charge is 0.378 e. The lowest BCUT2D eigenvalue weighted by Crippen LogP contribution is -2.41. The second-order valence-corrected chi connectivity index (χ2v) is 8.70. The highest BCUT2D eigenvalue weighted by Crippen LogP contribution is 2.35. The van der Waals surface area contributed by atoms with Crippen molar-refractivity contribution in [3.05, 3.63) is 60.2 Å². The van der Waals surface area contributed by atoms with Gasteiger partial charge in [-0.3, -0.25) is 0 Å². The molecule has 3 aromatic rings. The van der Waals surface area contributed by atoms with Gasteiger partial charge in [-0.2, -0.15) is 0 Å². The van der Waals surface area contributed by atoms with Crippen LogP contribution in [0.25, 0.3) is 11.4 Å². The lowest BCUT2D eigenvalue weighted by molar-refractivity contribution is 0.0622. The van der Waals surface area contributed by atoms with Crippen LogP contribution in [0.5, 0.6) is 0 Å². The Bertz CT molecular complexity index is 1010. The lowest BCUT2D eigenvalue weighted by Gasteiger charge is -2.18. The molecule has 0 amide bonds. The molecule has 0 saturated carbocycles. The number of nitrogens with zero attached hydrogens (tertiary/aromatic N) is 5. The summed E-state index contributed by atoms with van der Waals surface area (Å²) in [7, 11) is 4.05. The molecule has 4 atom stereocenters. The van der Waals surface area contributed by atoms with Gasteiger partial charge in [0.2, 0.25) is 0 Å². The molecule has 0 aliphatic carbocycles. The quantitative estimate of drug-likeness (QED) is 0.545. The highest BCUT2D eigenvalue weighted by molar-refractivity contribution is 5.60. The molecule has 2 aliphatic rings. The van der Waals surface area contributed by atoms with Gasteiger partial charge in [-0.15, -0.1) is 5.10 Å². The van der Waals surface area contributed by atoms with E-state index >= 15 is 0 Å². The Balaban J connectivity index is 1.20. The molecule has 0 unspecified atom stereocenters. The first-order chi connectivity index (χ1) is 15.7. The molecule has 0 radical (unpaired) electrons. The third kappa shape index (κ3) is 4.26. The number of hydrogen-bond donors (Lipinski definition) is 1. The smallest absolute Gasteiger partial charge is 0.182 e. The van der Waals surface area contributed by atoms with Crippen LogP contribution >= 0.6 is 0 Å². The molecule has 2 aliphatic heterocycles. The van der Waals surface area contributed by atoms with Crippen molar-refractivity contribution >= 4 is 5.69 Å². The van der Waals surface area contributed by atoms with Crippen LogP contribution in [0.15, 0.2) is 54.6 Å². The van der Waals surface area contributed by atoms with Gasteiger partial charge in [0.1, 0.15) is 18.2 Å². The minimum atomic E-state index is -0.0510. The van der Waals surface area contributed by atoms with Crippen molar-refractivity contribution in [2.45, 2.75) is 37.1 Å². The lowest BCUT2D eigenvalue weighted by atomic mass is 10.1. The van der Waals surface area contributed by atoms with E-state index < -0.39 is 0 Å². The summed E-state index contributed by atoms with van der Waals surface area (Å²) in [6.07, 6.45) is 2.12. The van der Waals surface area contributed by atoms with Gasteiger partial charge >= 0.3 is 0 Å². The standard InChI is InChI=1S/C24H30N6O2/c1-29(2)19-12-10-18(11-13-19)24-26-27-28-30(24)21-16-32-22-20(15-31-23(21)22)25-14-6-9-17-7-4-3-5-8-17/h3-5,7-8,10-13,20-23,25H,6,9,14-16H2,1-2H3/t20-,21-,22+,23+/m0/s1. The molecular weight excluding hydrogens is 404 g/mol. The highest BCUT2D eigenvalue weighted by atomic mass is 16.6. The molecule has 2 fully saturated rings. The highest BCUT2D eigenvalue weighted by Gasteiger charge is 2.49. The summed E-state index contributed by atoms with van der Waals surface area (Å²) >= 11 is 0. The molecule has 2 aromatic carbocycles. The number of ether oxygens (including phenoxy) is 2. The first-order valence-electron chi connectivity index (χ1n) is 11.3. The molecule has 0 spiro atoms. The summed E-state index contributed by atoms with van der Waals surface area (Å²) < 4.78 is 14.2. The number of nitrogens with one attached hydrogen (secondary N) is 1. The molecule has 3 heterocycles. The van der Waals surface area contributed by atoms with Crippen LogP contribution in [0.3, 0.4) is 0 Å². The average molecular weight is 435 g/mol. The number of tetrazole rings is 1. The Kier molecular flexibility index (Phi) is 6.16. The van der Waals surface area contributed by atoms with Gasteiger partial charge in [-0.05, 0) is 59.6 Å². The summed E-state index contributed by atoms with van der Waals surface area (Å²) in [5.41, 5.74) is 3.49. The minimum absolute atomic E-state index is 0.0184. The van der Waals surface area contributed by atoms with E-state index in [0.717, 1.165) is 36.5 Å². The van der Waals surface area contributed by atoms with Crippen molar-refractivity contribution in [2.75, 3.05) is 38.8 Å². The molecule has 5 rings (SSSR count). The molecule has 2 saturated heterocycles. The maximum Gasteiger partial charge on any atom is 0.182 e. The Morgan fingerprint density at radius 2 is 1.78 bits per heavy atom. The van der Waals surface area contributed by atoms with Gasteiger partial charge in [0.15, 0.2) is 5.82 Å². The van der Waals surface area contributed by atoms with Crippen LogP contribution in [0.4, 0.5) is 5.69 Å². The molecular formula is C24H30N6O2. The van der Waals surface area contributed by atoms with Crippen LogP contribution in [0.1, 0.15) is 18.0 Å². The van der Waals surface area contributed by atoms with E-state index in [0.29, 0.717) is 13.2 Å². The summed E-state index contributed by atoms with van der Waals surface area (Å²) in [6.45, 7) is 2.13. The van der Waals surface area contributed by atoms with E-state index in [9.17, 15) is 0 Å². The van der Waals surface area contributed by atoms with E-state index in [2.05, 4.69) is 80.3 Å². The maximum absolute atomic E-state index is 6.17. The van der Waals surface area contributed by atoms with Crippen LogP contribution in [-0.4, -0.2) is 72.3 Å². The summed E-state index contributed by atoms with van der Waals surface area (Å²) in [6, 6.07) is 19.0. The van der Waals surface area contributed by atoms with E-state index in [1.807, 2.05) is 18.8 Å². The third-order valence-corrected chi connectivity index (χ3v) is 6.37. The minimum Gasteiger partial charge on any atom is -0.378 e. The molecule has 8 nitrogen and oxygen atoms in total. The summed E-state index contributed by atoms with van der Waals surface area (Å²) in [4.78, 5) is 2.07. The molecule has 1 N–H and O–H groups in total. The fourth-order valence-electron chi connectivity index (χ4n) is 4.60. The van der Waals surface area contributed by atoms with Crippen LogP contribution in [0, 0.1) is 0 Å². The molecule has 8 heteroatoms. The summed E-state index contributed by atoms with van der Waals surface area (Å²) in [5.74, 6) is 0.743. The Morgan fingerprint density at radius 3 is 2.56 bits per heavy atom. The first kappa shape index (κ1) is 21.1. The Morgan fingerprint density at radius 1 is 1.00 bits per heavy atom. The molecule has 32 heavy (non-hydrogen) atoms. The number of anilines is 1. The SMILES string of the molecule is CN(C)c1ccc(-c2nnnn2[C@H]2CO[C@H]3[C@@H]2OC[C@@H]3NCCCc2ccccc2)cc1. The zero-order valence-corrected chi connectivity index (χ0v) is 18.6. The van der Waals surface area contributed by atoms with Gasteiger partial charge in [-0.1, -0.05) is 30.3 Å². The predicted molar refractivity (Wildman–Crippen MR) is 123 cm³/mol. The van der Waals surface area contributed by atoms with Gasteiger partial charge in [0.25, 0.3) is 0 Å². The number of aryl methyl sites for hydroxylation is 1. The number of aromatic nitrogens is 4. The van der Waals surface area contributed by atoms with Gasteiger partial charge < -0.3 is 19.7 Å². The van der Waals surface area contributed by atoms with Crippen molar-refractivity contribution < 1.29 is 9.47 Å². The normalized spacial score (nSPS) is 24.6. The van der Waals surface area contributed by atoms with Gasteiger partial charge in [0.05, 0.1) is 19.3 Å². The van der Waals surface area contributed by atoms with Crippen molar-refractivity contribution in [3.63, 3.8) is 0 Å². The van der Waals surface area contributed by atoms with E-state index in [1.54, 1.807) is 0 Å². The van der Waals surface area contributed by atoms with Crippen molar-refractivity contribution in [2.24, 2.45) is 0 Å². The van der Waals surface area contributed by atoms with Crippen LogP contribution < -0.4 is 10.2 Å². The Hall–Kier alpha value is -2.81. The van der Waals surface area contributed by atoms with Crippen molar-refractivity contribution in [1.29, 1.82) is 0 Å². The molecule has 168 valence electrons. The molecule has 1 aromatic heterocycles. The average Bonchev–Trinajstić information content (AvgIpc) is 3.54. The van der Waals surface area contributed by atoms with E-state index in [4.69, 9.17) is 9.47 Å². The fourth-order valence-corrected chi connectivity index (χ4v) is 4.60. The zero-order chi connectivity index (χ0) is 21.9. The molecule has 0 bridgehead atoms. The number of fused-ring (bicyclic) bond motifs is 1. The van der Waals surface area contributed by atoms with Gasteiger partial charge in [-0.25, -0.2) is 4.68 Å². The number of benzene rings is 2. The third-order valence-electron chi connectivity index (χ3n) is 6.37. The number of rotatable bonds is 8. The number of hydrogen-bond acceptors (Lipinski definition) is 7. The predicted octanol–water partition coefficient (Wildman–Crippen LogP) is 2.34. The zero-order valence-electron chi connectivity index (χ0n) is 18.6. The first-order valence-corrected chi connectivity index (χ1v) is 11.3. The maximum atomic E-state index is 6.17. The van der Waals surface area contributed by atoms with E-state index in [1.165, 1.54) is 5.56 Å². The van der Waals surface area contributed by atoms with Crippen molar-refractivity contribution in [1.82, 2.24) is 25.5 Å². The fraction of sp³-hybridized carbons (Fsp3) is 0.458.